The Balaban J connectivity index is 1.95. The SMILES string of the molecule is CCC(=O)OCc1nc2ccc([N+](=O)[O-])cc2n1CCc1ccccc1. The minimum absolute atomic E-state index is 0.00969. The van der Waals surface area contributed by atoms with Gasteiger partial charge in [-0.3, -0.25) is 14.9 Å². The molecule has 2 aromatic carbocycles. The van der Waals surface area contributed by atoms with Crippen LogP contribution in [-0.2, 0) is 29.1 Å². The standard InChI is InChI=1S/C19H19N3O4/c1-2-19(23)26-13-18-20-16-9-8-15(22(24)25)12-17(16)21(18)11-10-14-6-4-3-5-7-14/h3-9,12H,2,10-11,13H2,1H3. The van der Waals surface area contributed by atoms with Gasteiger partial charge >= 0.3 is 5.97 Å². The predicted octanol–water partition coefficient (Wildman–Crippen LogP) is 3.64. The lowest BCUT2D eigenvalue weighted by Crippen LogP contribution is -2.10. The van der Waals surface area contributed by atoms with E-state index >= 15 is 0 Å². The van der Waals surface area contributed by atoms with Gasteiger partial charge in [0.15, 0.2) is 0 Å². The van der Waals surface area contributed by atoms with Gasteiger partial charge in [-0.25, -0.2) is 4.98 Å². The Kier molecular flexibility index (Phi) is 5.26. The molecule has 7 heteroatoms. The number of carbonyl (C=O) groups excluding carboxylic acids is 1. The number of nitro benzene ring substituents is 1. The van der Waals surface area contributed by atoms with E-state index in [2.05, 4.69) is 4.98 Å². The van der Waals surface area contributed by atoms with E-state index in [1.807, 2.05) is 34.9 Å². The summed E-state index contributed by atoms with van der Waals surface area (Å²) in [5.74, 6) is 0.274. The van der Waals surface area contributed by atoms with Crippen LogP contribution in [0.15, 0.2) is 48.5 Å². The smallest absolute Gasteiger partial charge is 0.305 e. The number of nitrogens with zero attached hydrogens (tertiary/aromatic N) is 3. The predicted molar refractivity (Wildman–Crippen MR) is 96.6 cm³/mol. The van der Waals surface area contributed by atoms with Crippen molar-refractivity contribution in [3.63, 3.8) is 0 Å². The monoisotopic (exact) mass is 353 g/mol. The van der Waals surface area contributed by atoms with Crippen molar-refractivity contribution in [3.8, 4) is 0 Å². The number of carbonyl (C=O) groups is 1. The molecular weight excluding hydrogens is 334 g/mol. The molecule has 7 nitrogen and oxygen atoms in total. The highest BCUT2D eigenvalue weighted by molar-refractivity contribution is 5.79. The normalized spacial score (nSPS) is 10.8. The second kappa shape index (κ2) is 7.77. The maximum Gasteiger partial charge on any atom is 0.305 e. The molecule has 0 aliphatic heterocycles. The van der Waals surface area contributed by atoms with E-state index in [9.17, 15) is 14.9 Å². The van der Waals surface area contributed by atoms with Crippen molar-refractivity contribution in [1.29, 1.82) is 0 Å². The van der Waals surface area contributed by atoms with Crippen LogP contribution in [0.5, 0.6) is 0 Å². The number of non-ortho nitro benzene ring substituents is 1. The second-order valence-corrected chi connectivity index (χ2v) is 5.86. The third kappa shape index (κ3) is 3.88. The molecule has 0 N–H and O–H groups in total. The molecule has 0 aliphatic carbocycles. The van der Waals surface area contributed by atoms with Crippen LogP contribution < -0.4 is 0 Å². The minimum atomic E-state index is -0.426. The van der Waals surface area contributed by atoms with E-state index in [-0.39, 0.29) is 24.7 Å². The number of hydrogen-bond donors (Lipinski definition) is 0. The lowest BCUT2D eigenvalue weighted by atomic mass is 10.1. The third-order valence-corrected chi connectivity index (χ3v) is 4.14. The van der Waals surface area contributed by atoms with Gasteiger partial charge in [-0.1, -0.05) is 37.3 Å². The number of esters is 1. The Hall–Kier alpha value is -3.22. The van der Waals surface area contributed by atoms with E-state index < -0.39 is 4.92 Å². The second-order valence-electron chi connectivity index (χ2n) is 5.86. The summed E-state index contributed by atoms with van der Waals surface area (Å²) in [4.78, 5) is 26.7. The van der Waals surface area contributed by atoms with Crippen molar-refractivity contribution in [2.75, 3.05) is 0 Å². The molecule has 1 aromatic heterocycles. The van der Waals surface area contributed by atoms with E-state index in [0.717, 1.165) is 12.0 Å². The van der Waals surface area contributed by atoms with E-state index in [1.165, 1.54) is 12.1 Å². The fourth-order valence-electron chi connectivity index (χ4n) is 2.77. The quantitative estimate of drug-likeness (QED) is 0.368. The molecule has 3 rings (SSSR count). The van der Waals surface area contributed by atoms with Gasteiger partial charge in [0.25, 0.3) is 5.69 Å². The van der Waals surface area contributed by atoms with Gasteiger partial charge in [0.2, 0.25) is 0 Å². The summed E-state index contributed by atoms with van der Waals surface area (Å²) in [5.41, 5.74) is 2.47. The molecule has 26 heavy (non-hydrogen) atoms. The number of nitro groups is 1. The molecule has 0 amide bonds. The zero-order valence-electron chi connectivity index (χ0n) is 14.4. The first kappa shape index (κ1) is 17.6. The van der Waals surface area contributed by atoms with Crippen molar-refractivity contribution in [3.05, 3.63) is 70.0 Å². The molecule has 0 aliphatic rings. The Morgan fingerprint density at radius 3 is 2.69 bits per heavy atom. The molecular formula is C19H19N3O4. The highest BCUT2D eigenvalue weighted by Crippen LogP contribution is 2.23. The maximum absolute atomic E-state index is 11.5. The topological polar surface area (TPSA) is 87.3 Å². The number of fused-ring (bicyclic) bond motifs is 1. The zero-order chi connectivity index (χ0) is 18.5. The van der Waals surface area contributed by atoms with Crippen LogP contribution in [0, 0.1) is 10.1 Å². The first-order valence-electron chi connectivity index (χ1n) is 8.41. The molecule has 0 saturated carbocycles. The first-order valence-corrected chi connectivity index (χ1v) is 8.41. The zero-order valence-corrected chi connectivity index (χ0v) is 14.4. The van der Waals surface area contributed by atoms with E-state index in [1.54, 1.807) is 13.0 Å². The number of aromatic nitrogens is 2. The number of ether oxygens (including phenoxy) is 1. The van der Waals surface area contributed by atoms with Crippen molar-refractivity contribution in [2.45, 2.75) is 32.9 Å². The Morgan fingerprint density at radius 1 is 1.23 bits per heavy atom. The molecule has 134 valence electrons. The van der Waals surface area contributed by atoms with Gasteiger partial charge in [0.1, 0.15) is 12.4 Å². The average Bonchev–Trinajstić information content (AvgIpc) is 3.01. The summed E-state index contributed by atoms with van der Waals surface area (Å²) >= 11 is 0. The highest BCUT2D eigenvalue weighted by atomic mass is 16.6. The lowest BCUT2D eigenvalue weighted by molar-refractivity contribution is -0.384. The number of hydrogen-bond acceptors (Lipinski definition) is 5. The van der Waals surface area contributed by atoms with Crippen LogP contribution in [-0.4, -0.2) is 20.4 Å². The summed E-state index contributed by atoms with van der Waals surface area (Å²) in [7, 11) is 0. The molecule has 0 atom stereocenters. The van der Waals surface area contributed by atoms with Crippen molar-refractivity contribution < 1.29 is 14.5 Å². The third-order valence-electron chi connectivity index (χ3n) is 4.14. The molecule has 0 radical (unpaired) electrons. The fourth-order valence-corrected chi connectivity index (χ4v) is 2.77. The molecule has 0 fully saturated rings. The summed E-state index contributed by atoms with van der Waals surface area (Å²) in [6, 6.07) is 14.5. The van der Waals surface area contributed by atoms with Gasteiger partial charge in [0, 0.05) is 25.1 Å². The van der Waals surface area contributed by atoms with Crippen LogP contribution in [0.2, 0.25) is 0 Å². The summed E-state index contributed by atoms with van der Waals surface area (Å²) < 4.78 is 7.11. The first-order chi connectivity index (χ1) is 12.6. The van der Waals surface area contributed by atoms with Crippen molar-refractivity contribution in [2.24, 2.45) is 0 Å². The maximum atomic E-state index is 11.5. The molecule has 3 aromatic rings. The van der Waals surface area contributed by atoms with Gasteiger partial charge < -0.3 is 9.30 Å². The Bertz CT molecular complexity index is 935. The highest BCUT2D eigenvalue weighted by Gasteiger charge is 2.16. The largest absolute Gasteiger partial charge is 0.458 e. The van der Waals surface area contributed by atoms with Gasteiger partial charge in [-0.2, -0.15) is 0 Å². The summed E-state index contributed by atoms with van der Waals surface area (Å²) in [6.45, 7) is 2.36. The van der Waals surface area contributed by atoms with Gasteiger partial charge in [-0.15, -0.1) is 0 Å². The summed E-state index contributed by atoms with van der Waals surface area (Å²) in [5, 5.41) is 11.1. The molecule has 0 saturated heterocycles. The van der Waals surface area contributed by atoms with Crippen LogP contribution >= 0.6 is 0 Å². The summed E-state index contributed by atoms with van der Waals surface area (Å²) in [6.07, 6.45) is 1.03. The Morgan fingerprint density at radius 2 is 2.00 bits per heavy atom. The van der Waals surface area contributed by atoms with E-state index in [0.29, 0.717) is 23.4 Å². The van der Waals surface area contributed by atoms with Crippen LogP contribution in [0.3, 0.4) is 0 Å². The molecule has 1 heterocycles. The number of aryl methyl sites for hydroxylation is 2. The molecule has 0 unspecified atom stereocenters. The van der Waals surface area contributed by atoms with Crippen molar-refractivity contribution >= 4 is 22.7 Å². The van der Waals surface area contributed by atoms with Crippen LogP contribution in [0.25, 0.3) is 11.0 Å². The molecule has 0 spiro atoms. The fraction of sp³-hybridized carbons (Fsp3) is 0.263. The number of benzene rings is 2. The number of rotatable bonds is 7. The minimum Gasteiger partial charge on any atom is -0.458 e. The van der Waals surface area contributed by atoms with Gasteiger partial charge in [-0.05, 0) is 18.1 Å². The average molecular weight is 353 g/mol. The number of imidazole rings is 1. The lowest BCUT2D eigenvalue weighted by Gasteiger charge is -2.10. The van der Waals surface area contributed by atoms with Crippen LogP contribution in [0.4, 0.5) is 5.69 Å². The Labute approximate surface area is 150 Å². The van der Waals surface area contributed by atoms with Gasteiger partial charge in [0.05, 0.1) is 16.0 Å². The molecule has 0 bridgehead atoms. The van der Waals surface area contributed by atoms with Crippen molar-refractivity contribution in [1.82, 2.24) is 9.55 Å². The van der Waals surface area contributed by atoms with Crippen LogP contribution in [0.1, 0.15) is 24.7 Å². The van der Waals surface area contributed by atoms with E-state index in [4.69, 9.17) is 4.74 Å².